The van der Waals surface area contributed by atoms with Crippen molar-refractivity contribution in [3.8, 4) is 0 Å². The molecule has 1 fully saturated rings. The number of carbonyl (C=O) groups excluding carboxylic acids is 1. The number of carboxylic acids is 1. The number of aliphatic carboxylic acids is 1. The van der Waals surface area contributed by atoms with E-state index < -0.39 is 12.0 Å². The number of carbonyl (C=O) groups is 2. The van der Waals surface area contributed by atoms with Gasteiger partial charge in [0.15, 0.2) is 0 Å². The second-order valence-corrected chi connectivity index (χ2v) is 7.57. The summed E-state index contributed by atoms with van der Waals surface area (Å²) in [6.07, 6.45) is 6.08. The fourth-order valence-electron chi connectivity index (χ4n) is 3.71. The first-order valence-electron chi connectivity index (χ1n) is 9.41. The summed E-state index contributed by atoms with van der Waals surface area (Å²) in [6, 6.07) is 14.0. The van der Waals surface area contributed by atoms with Gasteiger partial charge in [-0.05, 0) is 54.2 Å². The molecule has 1 amide bonds. The summed E-state index contributed by atoms with van der Waals surface area (Å²) >= 11 is 5.90. The van der Waals surface area contributed by atoms with Crippen LogP contribution in [0.2, 0.25) is 5.02 Å². The van der Waals surface area contributed by atoms with E-state index in [9.17, 15) is 14.7 Å². The highest BCUT2D eigenvalue weighted by atomic mass is 35.5. The van der Waals surface area contributed by atoms with Crippen LogP contribution >= 0.6 is 11.6 Å². The summed E-state index contributed by atoms with van der Waals surface area (Å²) in [7, 11) is 0. The van der Waals surface area contributed by atoms with E-state index in [0.717, 1.165) is 0 Å². The standard InChI is InChI=1S/C22H24ClNO3/c23-19-12-10-17(11-13-19)20(14-21(25)26)24-22(27)18-8-6-16(7-9-18)15-4-2-1-3-5-15/h6-13,15,20H,1-5,14H2,(H,24,27)(H,25,26). The van der Waals surface area contributed by atoms with Gasteiger partial charge >= 0.3 is 5.97 Å². The van der Waals surface area contributed by atoms with Crippen LogP contribution in [-0.2, 0) is 4.79 Å². The van der Waals surface area contributed by atoms with E-state index in [4.69, 9.17) is 11.6 Å². The SMILES string of the molecule is O=C(O)CC(NC(=O)c1ccc(C2CCCCC2)cc1)c1ccc(Cl)cc1. The van der Waals surface area contributed by atoms with Crippen LogP contribution in [0.1, 0.15) is 72.0 Å². The molecule has 5 heteroatoms. The highest BCUT2D eigenvalue weighted by molar-refractivity contribution is 6.30. The molecular weight excluding hydrogens is 362 g/mol. The molecule has 0 spiro atoms. The lowest BCUT2D eigenvalue weighted by atomic mass is 9.84. The Labute approximate surface area is 164 Å². The number of benzene rings is 2. The van der Waals surface area contributed by atoms with Gasteiger partial charge in [0.2, 0.25) is 0 Å². The van der Waals surface area contributed by atoms with E-state index in [1.807, 2.05) is 24.3 Å². The molecular formula is C22H24ClNO3. The Hall–Kier alpha value is -2.33. The Morgan fingerprint density at radius 1 is 1.00 bits per heavy atom. The maximum Gasteiger partial charge on any atom is 0.305 e. The molecule has 2 N–H and O–H groups in total. The Balaban J connectivity index is 1.70. The molecule has 2 aromatic rings. The average molecular weight is 386 g/mol. The molecule has 1 aliphatic rings. The lowest BCUT2D eigenvalue weighted by molar-refractivity contribution is -0.137. The molecule has 0 saturated heterocycles. The average Bonchev–Trinajstić information content (AvgIpc) is 2.68. The van der Waals surface area contributed by atoms with Crippen LogP contribution in [-0.4, -0.2) is 17.0 Å². The third kappa shape index (κ3) is 5.33. The number of hydrogen-bond donors (Lipinski definition) is 2. The minimum absolute atomic E-state index is 0.187. The van der Waals surface area contributed by atoms with Gasteiger partial charge in [-0.2, -0.15) is 0 Å². The van der Waals surface area contributed by atoms with Crippen LogP contribution in [0.15, 0.2) is 48.5 Å². The normalized spacial score (nSPS) is 15.9. The number of halogens is 1. The lowest BCUT2D eigenvalue weighted by Gasteiger charge is -2.22. The predicted octanol–water partition coefficient (Wildman–Crippen LogP) is 5.33. The Morgan fingerprint density at radius 3 is 2.22 bits per heavy atom. The first-order valence-corrected chi connectivity index (χ1v) is 9.79. The van der Waals surface area contributed by atoms with Crippen LogP contribution in [0.5, 0.6) is 0 Å². The zero-order chi connectivity index (χ0) is 19.2. The fraction of sp³-hybridized carbons (Fsp3) is 0.364. The molecule has 2 aromatic carbocycles. The summed E-state index contributed by atoms with van der Waals surface area (Å²) in [5, 5.41) is 12.6. The van der Waals surface area contributed by atoms with E-state index in [-0.39, 0.29) is 12.3 Å². The van der Waals surface area contributed by atoms with Crippen molar-refractivity contribution in [3.63, 3.8) is 0 Å². The molecule has 0 bridgehead atoms. The first kappa shape index (κ1) is 19.4. The van der Waals surface area contributed by atoms with Crippen molar-refractivity contribution in [2.45, 2.75) is 50.5 Å². The molecule has 0 radical (unpaired) electrons. The molecule has 3 rings (SSSR count). The highest BCUT2D eigenvalue weighted by Crippen LogP contribution is 2.32. The van der Waals surface area contributed by atoms with Gasteiger partial charge in [-0.3, -0.25) is 9.59 Å². The molecule has 27 heavy (non-hydrogen) atoms. The number of amides is 1. The van der Waals surface area contributed by atoms with Crippen LogP contribution < -0.4 is 5.32 Å². The molecule has 1 aliphatic carbocycles. The first-order chi connectivity index (χ1) is 13.0. The van der Waals surface area contributed by atoms with Crippen molar-refractivity contribution >= 4 is 23.5 Å². The summed E-state index contributed by atoms with van der Waals surface area (Å²) < 4.78 is 0. The van der Waals surface area contributed by atoms with Crippen LogP contribution in [0, 0.1) is 0 Å². The quantitative estimate of drug-likeness (QED) is 0.705. The third-order valence-electron chi connectivity index (χ3n) is 5.21. The van der Waals surface area contributed by atoms with Crippen molar-refractivity contribution in [2.75, 3.05) is 0 Å². The van der Waals surface area contributed by atoms with Gasteiger partial charge in [-0.15, -0.1) is 0 Å². The van der Waals surface area contributed by atoms with Gasteiger partial charge in [0, 0.05) is 10.6 Å². The predicted molar refractivity (Wildman–Crippen MR) is 106 cm³/mol. The molecule has 142 valence electrons. The topological polar surface area (TPSA) is 66.4 Å². The minimum Gasteiger partial charge on any atom is -0.481 e. The number of nitrogens with one attached hydrogen (secondary N) is 1. The summed E-state index contributed by atoms with van der Waals surface area (Å²) in [4.78, 5) is 23.8. The third-order valence-corrected chi connectivity index (χ3v) is 5.46. The van der Waals surface area contributed by atoms with Gasteiger partial charge in [0.05, 0.1) is 12.5 Å². The number of carboxylic acid groups (broad SMARTS) is 1. The summed E-state index contributed by atoms with van der Waals surface area (Å²) in [6.45, 7) is 0. The van der Waals surface area contributed by atoms with Crippen molar-refractivity contribution in [1.29, 1.82) is 0 Å². The monoisotopic (exact) mass is 385 g/mol. The smallest absolute Gasteiger partial charge is 0.305 e. The van der Waals surface area contributed by atoms with Crippen LogP contribution in [0.4, 0.5) is 0 Å². The van der Waals surface area contributed by atoms with E-state index in [2.05, 4.69) is 5.32 Å². The second kappa shape index (κ2) is 9.05. The zero-order valence-electron chi connectivity index (χ0n) is 15.2. The molecule has 1 unspecified atom stereocenters. The van der Waals surface area contributed by atoms with Crippen molar-refractivity contribution < 1.29 is 14.7 Å². The van der Waals surface area contributed by atoms with E-state index in [0.29, 0.717) is 22.1 Å². The maximum atomic E-state index is 12.6. The largest absolute Gasteiger partial charge is 0.481 e. The minimum atomic E-state index is -0.970. The molecule has 1 saturated carbocycles. The Kier molecular flexibility index (Phi) is 6.51. The van der Waals surface area contributed by atoms with Gasteiger partial charge < -0.3 is 10.4 Å². The number of hydrogen-bond acceptors (Lipinski definition) is 2. The van der Waals surface area contributed by atoms with Gasteiger partial charge in [-0.25, -0.2) is 0 Å². The molecule has 0 aliphatic heterocycles. The van der Waals surface area contributed by atoms with Crippen molar-refractivity contribution in [1.82, 2.24) is 5.32 Å². The van der Waals surface area contributed by atoms with Crippen LogP contribution in [0.25, 0.3) is 0 Å². The lowest BCUT2D eigenvalue weighted by Crippen LogP contribution is -2.30. The van der Waals surface area contributed by atoms with Gasteiger partial charge in [0.1, 0.15) is 0 Å². The maximum absolute atomic E-state index is 12.6. The van der Waals surface area contributed by atoms with Crippen molar-refractivity contribution in [3.05, 3.63) is 70.2 Å². The molecule has 4 nitrogen and oxygen atoms in total. The summed E-state index contributed by atoms with van der Waals surface area (Å²) in [5.74, 6) is -0.654. The highest BCUT2D eigenvalue weighted by Gasteiger charge is 2.20. The van der Waals surface area contributed by atoms with Crippen LogP contribution in [0.3, 0.4) is 0 Å². The fourth-order valence-corrected chi connectivity index (χ4v) is 3.83. The summed E-state index contributed by atoms with van der Waals surface area (Å²) in [5.41, 5.74) is 2.54. The van der Waals surface area contributed by atoms with Crippen molar-refractivity contribution in [2.24, 2.45) is 0 Å². The van der Waals surface area contributed by atoms with E-state index >= 15 is 0 Å². The Bertz CT molecular complexity index is 780. The van der Waals surface area contributed by atoms with Gasteiger partial charge in [0.25, 0.3) is 5.91 Å². The molecule has 0 heterocycles. The van der Waals surface area contributed by atoms with E-state index in [1.54, 1.807) is 24.3 Å². The number of rotatable bonds is 6. The zero-order valence-corrected chi connectivity index (χ0v) is 15.9. The Morgan fingerprint density at radius 2 is 1.63 bits per heavy atom. The second-order valence-electron chi connectivity index (χ2n) is 7.13. The molecule has 0 aromatic heterocycles. The molecule has 1 atom stereocenters. The van der Waals surface area contributed by atoms with E-state index in [1.165, 1.54) is 37.7 Å². The van der Waals surface area contributed by atoms with Gasteiger partial charge in [-0.1, -0.05) is 55.1 Å².